The zero-order valence-corrected chi connectivity index (χ0v) is 13.1. The summed E-state index contributed by atoms with van der Waals surface area (Å²) in [6, 6.07) is 3.99. The Morgan fingerprint density at radius 3 is 2.90 bits per heavy atom. The van der Waals surface area contributed by atoms with Crippen LogP contribution in [0.15, 0.2) is 12.1 Å². The maximum atomic E-state index is 6.05. The van der Waals surface area contributed by atoms with Crippen LogP contribution in [0.25, 0.3) is 10.2 Å². The lowest BCUT2D eigenvalue weighted by atomic mass is 10.2. The molecule has 2 aromatic rings. The van der Waals surface area contributed by atoms with Gasteiger partial charge in [0.15, 0.2) is 0 Å². The van der Waals surface area contributed by atoms with E-state index >= 15 is 0 Å². The van der Waals surface area contributed by atoms with E-state index in [-0.39, 0.29) is 0 Å². The number of likely N-dealkylation sites (N-methyl/N-ethyl adjacent to an activating group) is 1. The van der Waals surface area contributed by atoms with Gasteiger partial charge in [-0.1, -0.05) is 0 Å². The maximum absolute atomic E-state index is 6.05. The van der Waals surface area contributed by atoms with Gasteiger partial charge in [0.1, 0.15) is 0 Å². The molecule has 0 amide bonds. The Hall–Kier alpha value is -1.37. The molecule has 0 spiro atoms. The summed E-state index contributed by atoms with van der Waals surface area (Å²) >= 11 is 1.66. The van der Waals surface area contributed by atoms with E-state index < -0.39 is 0 Å². The van der Waals surface area contributed by atoms with Gasteiger partial charge in [-0.3, -0.25) is 0 Å². The van der Waals surface area contributed by atoms with Crippen LogP contribution in [0.1, 0.15) is 5.01 Å². The molecule has 6 heteroatoms. The number of nitrogens with one attached hydrogen (secondary N) is 1. The number of nitrogens with zero attached hydrogens (tertiary/aromatic N) is 2. The fourth-order valence-corrected chi connectivity index (χ4v) is 2.72. The van der Waals surface area contributed by atoms with Crippen molar-refractivity contribution in [2.24, 2.45) is 0 Å². The van der Waals surface area contributed by atoms with Crippen molar-refractivity contribution in [3.05, 3.63) is 17.1 Å². The molecule has 0 saturated heterocycles. The number of rotatable bonds is 7. The summed E-state index contributed by atoms with van der Waals surface area (Å²) in [7, 11) is 4.07. The van der Waals surface area contributed by atoms with Crippen molar-refractivity contribution in [2.45, 2.75) is 6.92 Å². The monoisotopic (exact) mass is 294 g/mol. The summed E-state index contributed by atoms with van der Waals surface area (Å²) in [5.41, 5.74) is 8.73. The topological polar surface area (TPSA) is 63.4 Å². The molecule has 0 bridgehead atoms. The Bertz CT molecular complexity index is 568. The predicted octanol–water partition coefficient (Wildman–Crippen LogP) is 2.18. The highest BCUT2D eigenvalue weighted by atomic mass is 32.1. The summed E-state index contributed by atoms with van der Waals surface area (Å²) in [4.78, 5) is 6.58. The van der Waals surface area contributed by atoms with Crippen molar-refractivity contribution in [1.29, 1.82) is 0 Å². The molecule has 0 atom stereocenters. The minimum absolute atomic E-state index is 0.668. The van der Waals surface area contributed by atoms with Gasteiger partial charge in [0.2, 0.25) is 0 Å². The largest absolute Gasteiger partial charge is 0.397 e. The second-order valence-corrected chi connectivity index (χ2v) is 6.22. The maximum Gasteiger partial charge on any atom is 0.0907 e. The van der Waals surface area contributed by atoms with E-state index in [0.29, 0.717) is 6.61 Å². The van der Waals surface area contributed by atoms with Crippen molar-refractivity contribution in [3.8, 4) is 0 Å². The number of hydrogen-bond acceptors (Lipinski definition) is 6. The summed E-state index contributed by atoms with van der Waals surface area (Å²) in [6.45, 7) is 5.10. The molecule has 1 aromatic carbocycles. The van der Waals surface area contributed by atoms with Gasteiger partial charge in [0.05, 0.1) is 39.8 Å². The predicted molar refractivity (Wildman–Crippen MR) is 86.6 cm³/mol. The van der Waals surface area contributed by atoms with Crippen molar-refractivity contribution in [1.82, 2.24) is 9.88 Å². The normalized spacial score (nSPS) is 11.4. The van der Waals surface area contributed by atoms with Crippen LogP contribution in [0.2, 0.25) is 0 Å². The third-order valence-electron chi connectivity index (χ3n) is 2.91. The quantitative estimate of drug-likeness (QED) is 0.605. The van der Waals surface area contributed by atoms with Gasteiger partial charge in [-0.05, 0) is 33.2 Å². The van der Waals surface area contributed by atoms with Gasteiger partial charge in [-0.15, -0.1) is 11.3 Å². The van der Waals surface area contributed by atoms with Gasteiger partial charge < -0.3 is 20.7 Å². The number of nitrogen functional groups attached to an aromatic ring is 1. The molecule has 20 heavy (non-hydrogen) atoms. The van der Waals surface area contributed by atoms with Gasteiger partial charge in [0.25, 0.3) is 0 Å². The van der Waals surface area contributed by atoms with E-state index in [1.165, 1.54) is 0 Å². The molecule has 110 valence electrons. The Labute approximate surface area is 123 Å². The third-order valence-corrected chi connectivity index (χ3v) is 3.84. The van der Waals surface area contributed by atoms with Crippen molar-refractivity contribution < 1.29 is 4.74 Å². The number of hydrogen-bond donors (Lipinski definition) is 2. The van der Waals surface area contributed by atoms with E-state index in [0.717, 1.165) is 46.3 Å². The van der Waals surface area contributed by atoms with Crippen LogP contribution < -0.4 is 11.1 Å². The molecule has 0 unspecified atom stereocenters. The Balaban J connectivity index is 1.85. The lowest BCUT2D eigenvalue weighted by Gasteiger charge is -2.11. The van der Waals surface area contributed by atoms with Crippen molar-refractivity contribution in [3.63, 3.8) is 0 Å². The fraction of sp³-hybridized carbons (Fsp3) is 0.500. The van der Waals surface area contributed by atoms with Crippen LogP contribution in [-0.4, -0.2) is 50.3 Å². The number of aryl methyl sites for hydroxylation is 1. The van der Waals surface area contributed by atoms with Gasteiger partial charge >= 0.3 is 0 Å². The van der Waals surface area contributed by atoms with Gasteiger partial charge in [0, 0.05) is 13.1 Å². The standard InChI is InChI=1S/C14H22N4OS/c1-10-17-13-9-12(11(15)8-14(13)20-10)16-4-6-19-7-5-18(2)3/h8-9,16H,4-7,15H2,1-3H3. The van der Waals surface area contributed by atoms with E-state index in [2.05, 4.69) is 15.2 Å². The molecular weight excluding hydrogens is 272 g/mol. The average Bonchev–Trinajstić information content (AvgIpc) is 2.72. The second kappa shape index (κ2) is 6.88. The van der Waals surface area contributed by atoms with Crippen LogP contribution in [0, 0.1) is 6.92 Å². The number of anilines is 2. The number of benzene rings is 1. The molecule has 0 aliphatic heterocycles. The Morgan fingerprint density at radius 1 is 1.35 bits per heavy atom. The molecule has 0 radical (unpaired) electrons. The van der Waals surface area contributed by atoms with Crippen LogP contribution >= 0.6 is 11.3 Å². The highest BCUT2D eigenvalue weighted by Crippen LogP contribution is 2.29. The number of ether oxygens (including phenoxy) is 1. The molecule has 3 N–H and O–H groups in total. The SMILES string of the molecule is Cc1nc2cc(NCCOCCN(C)C)c(N)cc2s1. The first-order chi connectivity index (χ1) is 9.56. The smallest absolute Gasteiger partial charge is 0.0907 e. The number of aromatic nitrogens is 1. The Kier molecular flexibility index (Phi) is 5.17. The van der Waals surface area contributed by atoms with Gasteiger partial charge in [-0.25, -0.2) is 4.98 Å². The van der Waals surface area contributed by atoms with Crippen LogP contribution in [0.3, 0.4) is 0 Å². The van der Waals surface area contributed by atoms with Gasteiger partial charge in [-0.2, -0.15) is 0 Å². The minimum atomic E-state index is 0.668. The lowest BCUT2D eigenvalue weighted by molar-refractivity contribution is 0.126. The first kappa shape index (κ1) is 15.0. The fourth-order valence-electron chi connectivity index (χ4n) is 1.86. The van der Waals surface area contributed by atoms with E-state index in [4.69, 9.17) is 10.5 Å². The third kappa shape index (κ3) is 4.06. The molecule has 5 nitrogen and oxygen atoms in total. The first-order valence-corrected chi connectivity index (χ1v) is 7.51. The van der Waals surface area contributed by atoms with E-state index in [1.807, 2.05) is 33.2 Å². The molecule has 1 aromatic heterocycles. The highest BCUT2D eigenvalue weighted by molar-refractivity contribution is 7.18. The number of nitrogens with two attached hydrogens (primary N) is 1. The van der Waals surface area contributed by atoms with Crippen LogP contribution in [-0.2, 0) is 4.74 Å². The zero-order valence-electron chi connectivity index (χ0n) is 12.3. The second-order valence-electron chi connectivity index (χ2n) is 4.98. The zero-order chi connectivity index (χ0) is 14.5. The number of thiazole rings is 1. The Morgan fingerprint density at radius 2 is 2.15 bits per heavy atom. The number of fused-ring (bicyclic) bond motifs is 1. The molecular formula is C14H22N4OS. The van der Waals surface area contributed by atoms with Crippen LogP contribution in [0.4, 0.5) is 11.4 Å². The molecule has 0 fully saturated rings. The average molecular weight is 294 g/mol. The van der Waals surface area contributed by atoms with Crippen LogP contribution in [0.5, 0.6) is 0 Å². The summed E-state index contributed by atoms with van der Waals surface area (Å²) in [5, 5.41) is 4.36. The first-order valence-electron chi connectivity index (χ1n) is 6.69. The molecule has 1 heterocycles. The lowest BCUT2D eigenvalue weighted by Crippen LogP contribution is -2.20. The summed E-state index contributed by atoms with van der Waals surface area (Å²) in [6.07, 6.45) is 0. The van der Waals surface area contributed by atoms with E-state index in [1.54, 1.807) is 11.3 Å². The summed E-state index contributed by atoms with van der Waals surface area (Å²) < 4.78 is 6.67. The van der Waals surface area contributed by atoms with Crippen molar-refractivity contribution >= 4 is 32.9 Å². The molecule has 2 rings (SSSR count). The highest BCUT2D eigenvalue weighted by Gasteiger charge is 2.05. The van der Waals surface area contributed by atoms with E-state index in [9.17, 15) is 0 Å². The van der Waals surface area contributed by atoms with Crippen molar-refractivity contribution in [2.75, 3.05) is 51.4 Å². The molecule has 0 saturated carbocycles. The molecule has 0 aliphatic carbocycles. The summed E-state index contributed by atoms with van der Waals surface area (Å²) in [5.74, 6) is 0. The molecule has 0 aliphatic rings. The minimum Gasteiger partial charge on any atom is -0.397 e.